The smallest absolute Gasteiger partial charge is 0.340 e. The highest BCUT2D eigenvalue weighted by atomic mass is 16.7. The predicted octanol–water partition coefficient (Wildman–Crippen LogP) is 1.63. The second-order valence-corrected chi connectivity index (χ2v) is 6.09. The molecule has 0 N–H and O–H groups in total. The second-order valence-electron chi connectivity index (χ2n) is 6.09. The van der Waals surface area contributed by atoms with Crippen molar-refractivity contribution in [3.8, 4) is 0 Å². The van der Waals surface area contributed by atoms with E-state index in [0.29, 0.717) is 11.1 Å². The Morgan fingerprint density at radius 3 is 2.00 bits per heavy atom. The number of carbonyl (C=O) groups is 2. The number of ether oxygens (including phenoxy) is 4. The van der Waals surface area contributed by atoms with Crippen molar-refractivity contribution in [3.63, 3.8) is 0 Å². The van der Waals surface area contributed by atoms with Crippen molar-refractivity contribution < 1.29 is 28.5 Å². The van der Waals surface area contributed by atoms with Crippen LogP contribution in [-0.2, 0) is 18.9 Å². The Balaban J connectivity index is 1.37. The first kappa shape index (κ1) is 16.7. The van der Waals surface area contributed by atoms with Crippen LogP contribution in [0.4, 0.5) is 0 Å². The van der Waals surface area contributed by atoms with Gasteiger partial charge in [-0.2, -0.15) is 0 Å². The normalized spacial score (nSPS) is 26.9. The minimum Gasteiger partial charge on any atom is -0.453 e. The van der Waals surface area contributed by atoms with E-state index in [1.807, 2.05) is 6.07 Å². The first-order valence-electron chi connectivity index (χ1n) is 8.32. The van der Waals surface area contributed by atoms with E-state index in [1.165, 1.54) is 6.20 Å². The SMILES string of the molecule is O=C(OC1CO[C@@H]2[C@@H](OC(=O)c3ccccc3)CO[C@H]12)c1cccnc1. The van der Waals surface area contributed by atoms with Crippen LogP contribution in [0.1, 0.15) is 20.7 Å². The lowest BCUT2D eigenvalue weighted by molar-refractivity contribution is -0.0287. The highest BCUT2D eigenvalue weighted by Crippen LogP contribution is 2.31. The highest BCUT2D eigenvalue weighted by molar-refractivity contribution is 5.89. The number of hydrogen-bond acceptors (Lipinski definition) is 7. The molecule has 3 heterocycles. The number of fused-ring (bicyclic) bond motifs is 1. The second kappa shape index (κ2) is 7.23. The summed E-state index contributed by atoms with van der Waals surface area (Å²) in [5.41, 5.74) is 0.828. The molecule has 4 rings (SSSR count). The summed E-state index contributed by atoms with van der Waals surface area (Å²) >= 11 is 0. The van der Waals surface area contributed by atoms with Crippen molar-refractivity contribution in [1.82, 2.24) is 4.98 Å². The molecule has 7 nitrogen and oxygen atoms in total. The van der Waals surface area contributed by atoms with E-state index in [2.05, 4.69) is 4.98 Å². The molecule has 0 amide bonds. The quantitative estimate of drug-likeness (QED) is 0.771. The van der Waals surface area contributed by atoms with Crippen LogP contribution in [0, 0.1) is 0 Å². The maximum Gasteiger partial charge on any atom is 0.340 e. The minimum atomic E-state index is -0.548. The van der Waals surface area contributed by atoms with Gasteiger partial charge in [0.15, 0.2) is 12.2 Å². The van der Waals surface area contributed by atoms with E-state index in [4.69, 9.17) is 18.9 Å². The highest BCUT2D eigenvalue weighted by Gasteiger charge is 2.51. The number of hydrogen-bond donors (Lipinski definition) is 0. The summed E-state index contributed by atoms with van der Waals surface area (Å²) < 4.78 is 22.4. The Morgan fingerprint density at radius 2 is 1.42 bits per heavy atom. The van der Waals surface area contributed by atoms with Gasteiger partial charge in [0.25, 0.3) is 0 Å². The molecule has 134 valence electrons. The van der Waals surface area contributed by atoms with Crippen LogP contribution in [-0.4, -0.2) is 54.6 Å². The van der Waals surface area contributed by atoms with E-state index in [0.717, 1.165) is 0 Å². The number of benzene rings is 1. The zero-order valence-corrected chi connectivity index (χ0v) is 13.8. The summed E-state index contributed by atoms with van der Waals surface area (Å²) in [5.74, 6) is -0.917. The van der Waals surface area contributed by atoms with Crippen LogP contribution in [0.15, 0.2) is 54.9 Å². The average Bonchev–Trinajstić information content (AvgIpc) is 3.27. The molecule has 2 aliphatic rings. The van der Waals surface area contributed by atoms with Crippen LogP contribution >= 0.6 is 0 Å². The van der Waals surface area contributed by atoms with Gasteiger partial charge >= 0.3 is 11.9 Å². The van der Waals surface area contributed by atoms with Gasteiger partial charge < -0.3 is 18.9 Å². The van der Waals surface area contributed by atoms with Crippen molar-refractivity contribution >= 4 is 11.9 Å². The summed E-state index contributed by atoms with van der Waals surface area (Å²) in [6, 6.07) is 12.0. The third kappa shape index (κ3) is 3.31. The molecule has 2 fully saturated rings. The van der Waals surface area contributed by atoms with Crippen molar-refractivity contribution in [3.05, 3.63) is 66.0 Å². The fourth-order valence-corrected chi connectivity index (χ4v) is 3.10. The molecule has 0 radical (unpaired) electrons. The Hall–Kier alpha value is -2.77. The summed E-state index contributed by atoms with van der Waals surface area (Å²) in [4.78, 5) is 28.3. The first-order valence-corrected chi connectivity index (χ1v) is 8.32. The molecule has 26 heavy (non-hydrogen) atoms. The van der Waals surface area contributed by atoms with Crippen LogP contribution in [0.5, 0.6) is 0 Å². The molecule has 1 aromatic heterocycles. The van der Waals surface area contributed by atoms with E-state index >= 15 is 0 Å². The van der Waals surface area contributed by atoms with Crippen molar-refractivity contribution in [1.29, 1.82) is 0 Å². The molecule has 1 aromatic carbocycles. The lowest BCUT2D eigenvalue weighted by Gasteiger charge is -2.17. The molecule has 1 unspecified atom stereocenters. The molecular weight excluding hydrogens is 338 g/mol. The number of nitrogens with zero attached hydrogens (tertiary/aromatic N) is 1. The Bertz CT molecular complexity index is 714. The molecule has 7 heteroatoms. The number of rotatable bonds is 4. The van der Waals surface area contributed by atoms with Gasteiger partial charge in [0.2, 0.25) is 0 Å². The van der Waals surface area contributed by atoms with Crippen molar-refractivity contribution in [2.45, 2.75) is 24.4 Å². The molecule has 0 aliphatic carbocycles. The molecule has 4 atom stereocenters. The predicted molar refractivity (Wildman–Crippen MR) is 88.6 cm³/mol. The number of pyridine rings is 1. The molecule has 0 saturated carbocycles. The first-order chi connectivity index (χ1) is 12.7. The van der Waals surface area contributed by atoms with Gasteiger partial charge in [-0.15, -0.1) is 0 Å². The van der Waals surface area contributed by atoms with E-state index < -0.39 is 36.4 Å². The van der Waals surface area contributed by atoms with Crippen molar-refractivity contribution in [2.75, 3.05) is 13.2 Å². The molecule has 2 aromatic rings. The lowest BCUT2D eigenvalue weighted by Crippen LogP contribution is -2.36. The summed E-state index contributed by atoms with van der Waals surface area (Å²) in [6.07, 6.45) is 1.04. The lowest BCUT2D eigenvalue weighted by atomic mass is 10.1. The van der Waals surface area contributed by atoms with E-state index in [9.17, 15) is 9.59 Å². The third-order valence-corrected chi connectivity index (χ3v) is 4.39. The van der Waals surface area contributed by atoms with Gasteiger partial charge in [0.05, 0.1) is 24.3 Å². The van der Waals surface area contributed by atoms with Crippen LogP contribution in [0.2, 0.25) is 0 Å². The number of aromatic nitrogens is 1. The topological polar surface area (TPSA) is 84.0 Å². The summed E-state index contributed by atoms with van der Waals surface area (Å²) in [5, 5.41) is 0. The Kier molecular flexibility index (Phi) is 4.64. The molecule has 0 bridgehead atoms. The van der Waals surface area contributed by atoms with Gasteiger partial charge in [-0.05, 0) is 24.3 Å². The van der Waals surface area contributed by atoms with Gasteiger partial charge in [0, 0.05) is 12.4 Å². The van der Waals surface area contributed by atoms with Crippen LogP contribution in [0.3, 0.4) is 0 Å². The van der Waals surface area contributed by atoms with Crippen molar-refractivity contribution in [2.24, 2.45) is 0 Å². The van der Waals surface area contributed by atoms with Crippen LogP contribution in [0.25, 0.3) is 0 Å². The maximum absolute atomic E-state index is 12.2. The summed E-state index contributed by atoms with van der Waals surface area (Å²) in [7, 11) is 0. The van der Waals surface area contributed by atoms with Gasteiger partial charge in [0.1, 0.15) is 12.2 Å². The Morgan fingerprint density at radius 1 is 0.846 bits per heavy atom. The van der Waals surface area contributed by atoms with Gasteiger partial charge in [-0.25, -0.2) is 9.59 Å². The fourth-order valence-electron chi connectivity index (χ4n) is 3.10. The van der Waals surface area contributed by atoms with Crippen LogP contribution < -0.4 is 0 Å². The number of esters is 2. The molecule has 2 aliphatic heterocycles. The maximum atomic E-state index is 12.2. The minimum absolute atomic E-state index is 0.195. The molecular formula is C19H17NO6. The van der Waals surface area contributed by atoms with E-state index in [1.54, 1.807) is 42.6 Å². The molecule has 2 saturated heterocycles. The number of carbonyl (C=O) groups excluding carboxylic acids is 2. The monoisotopic (exact) mass is 355 g/mol. The third-order valence-electron chi connectivity index (χ3n) is 4.39. The van der Waals surface area contributed by atoms with E-state index in [-0.39, 0.29) is 13.2 Å². The van der Waals surface area contributed by atoms with Gasteiger partial charge in [-0.1, -0.05) is 18.2 Å². The zero-order chi connectivity index (χ0) is 17.9. The molecule has 0 spiro atoms. The zero-order valence-electron chi connectivity index (χ0n) is 13.8. The average molecular weight is 355 g/mol. The van der Waals surface area contributed by atoms with Gasteiger partial charge in [-0.3, -0.25) is 4.98 Å². The standard InChI is InChI=1S/C19H17NO6/c21-18(12-5-2-1-3-6-12)25-14-10-23-17-15(11-24-16(14)17)26-19(22)13-7-4-8-20-9-13/h1-9,14-17H,10-11H2/t14-,15?,16+,17+/m0/s1. The fraction of sp³-hybridized carbons (Fsp3) is 0.316. The largest absolute Gasteiger partial charge is 0.453 e. The Labute approximate surface area is 149 Å². The summed E-state index contributed by atoms with van der Waals surface area (Å²) in [6.45, 7) is 0.398.